The average Bonchev–Trinajstić information content (AvgIpc) is 2.42. The number of carbonyl (C=O) groups is 2. The van der Waals surface area contributed by atoms with Crippen molar-refractivity contribution in [2.45, 2.75) is 17.7 Å². The molecule has 0 bridgehead atoms. The molecule has 0 saturated heterocycles. The van der Waals surface area contributed by atoms with Crippen molar-refractivity contribution in [3.63, 3.8) is 0 Å². The van der Waals surface area contributed by atoms with E-state index in [0.29, 0.717) is 18.4 Å². The number of aliphatic carboxylic acids is 1. The predicted molar refractivity (Wildman–Crippen MR) is 81.4 cm³/mol. The molecule has 108 valence electrons. The Morgan fingerprint density at radius 2 is 1.71 bits per heavy atom. The number of carboxylic acids is 2. The van der Waals surface area contributed by atoms with Crippen LogP contribution in [-0.2, 0) is 4.79 Å². The quantitative estimate of drug-likeness (QED) is 0.886. The Labute approximate surface area is 126 Å². The maximum atomic E-state index is 11.0. The first-order valence-electron chi connectivity index (χ1n) is 6.38. The van der Waals surface area contributed by atoms with E-state index in [-0.39, 0.29) is 5.56 Å². The van der Waals surface area contributed by atoms with Gasteiger partial charge in [-0.15, -0.1) is 0 Å². The zero-order valence-electron chi connectivity index (χ0n) is 11.2. The van der Waals surface area contributed by atoms with E-state index in [1.807, 2.05) is 12.2 Å². The number of hydrogen-bond donors (Lipinski definition) is 2. The molecule has 4 nitrogen and oxygen atoms in total. The minimum absolute atomic E-state index is 0.245. The van der Waals surface area contributed by atoms with E-state index in [4.69, 9.17) is 10.2 Å². The van der Waals surface area contributed by atoms with Crippen molar-refractivity contribution >= 4 is 23.7 Å². The summed E-state index contributed by atoms with van der Waals surface area (Å²) in [4.78, 5) is 23.6. The van der Waals surface area contributed by atoms with Crippen LogP contribution >= 0.6 is 11.8 Å². The Balaban J connectivity index is 2.16. The molecule has 0 atom stereocenters. The van der Waals surface area contributed by atoms with Crippen LogP contribution in [0.4, 0.5) is 0 Å². The summed E-state index contributed by atoms with van der Waals surface area (Å²) in [6.45, 7) is 0. The van der Waals surface area contributed by atoms with Crippen molar-refractivity contribution in [3.8, 4) is 0 Å². The largest absolute Gasteiger partial charge is 0.478 e. The third-order valence-corrected chi connectivity index (χ3v) is 3.94. The average molecular weight is 302 g/mol. The van der Waals surface area contributed by atoms with Crippen molar-refractivity contribution < 1.29 is 19.8 Å². The third kappa shape index (κ3) is 4.36. The number of allylic oxidation sites excluding steroid dienone is 4. The lowest BCUT2D eigenvalue weighted by molar-refractivity contribution is -0.132. The van der Waals surface area contributed by atoms with Gasteiger partial charge in [-0.3, -0.25) is 0 Å². The molecule has 1 aromatic carbocycles. The normalized spacial score (nSPS) is 19.6. The molecule has 0 fully saturated rings. The minimum atomic E-state index is -0.953. The van der Waals surface area contributed by atoms with Crippen molar-refractivity contribution in [2.24, 2.45) is 0 Å². The second kappa shape index (κ2) is 6.95. The van der Waals surface area contributed by atoms with Gasteiger partial charge in [-0.25, -0.2) is 9.59 Å². The van der Waals surface area contributed by atoms with Crippen LogP contribution in [0.25, 0.3) is 0 Å². The van der Waals surface area contributed by atoms with Crippen molar-refractivity contribution in [1.29, 1.82) is 0 Å². The summed E-state index contributed by atoms with van der Waals surface area (Å²) in [5, 5.41) is 17.9. The highest BCUT2D eigenvalue weighted by molar-refractivity contribution is 8.03. The molecule has 0 radical (unpaired) electrons. The molecule has 0 saturated carbocycles. The summed E-state index contributed by atoms with van der Waals surface area (Å²) < 4.78 is 0. The predicted octanol–water partition coefficient (Wildman–Crippen LogP) is 3.72. The molecule has 21 heavy (non-hydrogen) atoms. The van der Waals surface area contributed by atoms with Gasteiger partial charge in [0.05, 0.1) is 5.56 Å². The Bertz CT molecular complexity index is 639. The van der Waals surface area contributed by atoms with Gasteiger partial charge in [-0.1, -0.05) is 30.0 Å². The molecule has 1 aromatic rings. The van der Waals surface area contributed by atoms with Crippen LogP contribution in [-0.4, -0.2) is 22.2 Å². The van der Waals surface area contributed by atoms with E-state index in [0.717, 1.165) is 9.80 Å². The molecule has 0 amide bonds. The second-order valence-electron chi connectivity index (χ2n) is 4.44. The Kier molecular flexibility index (Phi) is 5.00. The van der Waals surface area contributed by atoms with Crippen molar-refractivity contribution in [2.75, 3.05) is 0 Å². The molecular formula is C16H14O4S. The lowest BCUT2D eigenvalue weighted by atomic mass is 10.1. The first-order valence-corrected chi connectivity index (χ1v) is 7.20. The zero-order valence-corrected chi connectivity index (χ0v) is 12.0. The van der Waals surface area contributed by atoms with Gasteiger partial charge in [0.2, 0.25) is 0 Å². The van der Waals surface area contributed by atoms with E-state index in [9.17, 15) is 9.59 Å². The number of carboxylic acid groups (broad SMARTS) is 2. The summed E-state index contributed by atoms with van der Waals surface area (Å²) in [5.41, 5.74) is 0.633. The number of hydrogen-bond acceptors (Lipinski definition) is 3. The fourth-order valence-electron chi connectivity index (χ4n) is 1.81. The summed E-state index contributed by atoms with van der Waals surface area (Å²) in [5.74, 6) is -1.85. The van der Waals surface area contributed by atoms with Crippen LogP contribution < -0.4 is 0 Å². The third-order valence-electron chi connectivity index (χ3n) is 2.92. The summed E-state index contributed by atoms with van der Waals surface area (Å²) in [7, 11) is 0. The monoisotopic (exact) mass is 302 g/mol. The Morgan fingerprint density at radius 3 is 2.33 bits per heavy atom. The van der Waals surface area contributed by atoms with Crippen LogP contribution in [0.2, 0.25) is 0 Å². The van der Waals surface area contributed by atoms with Gasteiger partial charge < -0.3 is 10.2 Å². The maximum absolute atomic E-state index is 11.0. The Hall–Kier alpha value is -2.27. The van der Waals surface area contributed by atoms with E-state index < -0.39 is 11.9 Å². The van der Waals surface area contributed by atoms with E-state index in [1.165, 1.54) is 11.8 Å². The zero-order chi connectivity index (χ0) is 15.2. The highest BCUT2D eigenvalue weighted by Gasteiger charge is 2.08. The first-order chi connectivity index (χ1) is 10.1. The van der Waals surface area contributed by atoms with Gasteiger partial charge in [-0.2, -0.15) is 0 Å². The molecule has 2 rings (SSSR count). The fourth-order valence-corrected chi connectivity index (χ4v) is 2.65. The van der Waals surface area contributed by atoms with E-state index >= 15 is 0 Å². The molecule has 1 aliphatic rings. The molecule has 0 heterocycles. The molecule has 5 heteroatoms. The molecule has 0 spiro atoms. The maximum Gasteiger partial charge on any atom is 0.335 e. The minimum Gasteiger partial charge on any atom is -0.478 e. The lowest BCUT2D eigenvalue weighted by Crippen LogP contribution is -2.00. The second-order valence-corrected chi connectivity index (χ2v) is 5.59. The molecule has 1 aliphatic carbocycles. The van der Waals surface area contributed by atoms with E-state index in [1.54, 1.807) is 36.4 Å². The van der Waals surface area contributed by atoms with Crippen LogP contribution in [0, 0.1) is 0 Å². The fraction of sp³-hybridized carbons (Fsp3) is 0.125. The molecular weight excluding hydrogens is 288 g/mol. The van der Waals surface area contributed by atoms with Crippen LogP contribution in [0.3, 0.4) is 0 Å². The highest BCUT2D eigenvalue weighted by Crippen LogP contribution is 2.29. The highest BCUT2D eigenvalue weighted by atomic mass is 32.2. The van der Waals surface area contributed by atoms with Gasteiger partial charge in [0.15, 0.2) is 0 Å². The first kappa shape index (κ1) is 15.1. The summed E-state index contributed by atoms with van der Waals surface area (Å²) in [6, 6.07) is 6.58. The standard InChI is InChI=1S/C16H14O4S/c17-15(18)11-3-1-2-4-13(8-5-11)21-14-9-6-12(7-10-14)16(19)20/h2,4-10H,1,3H2,(H,17,18)(H,19,20)/b4-2?,11-5+,13-8+. The molecule has 2 N–H and O–H groups in total. The molecule has 0 unspecified atom stereocenters. The van der Waals surface area contributed by atoms with Gasteiger partial charge >= 0.3 is 11.9 Å². The topological polar surface area (TPSA) is 74.6 Å². The van der Waals surface area contributed by atoms with Gasteiger partial charge in [-0.05, 0) is 43.2 Å². The van der Waals surface area contributed by atoms with Crippen LogP contribution in [0.5, 0.6) is 0 Å². The van der Waals surface area contributed by atoms with Crippen molar-refractivity contribution in [3.05, 3.63) is 64.6 Å². The van der Waals surface area contributed by atoms with Crippen molar-refractivity contribution in [1.82, 2.24) is 0 Å². The molecule has 0 aromatic heterocycles. The smallest absolute Gasteiger partial charge is 0.335 e. The number of aromatic carboxylic acids is 1. The van der Waals surface area contributed by atoms with Gasteiger partial charge in [0.1, 0.15) is 0 Å². The van der Waals surface area contributed by atoms with Crippen LogP contribution in [0.1, 0.15) is 23.2 Å². The van der Waals surface area contributed by atoms with Gasteiger partial charge in [0.25, 0.3) is 0 Å². The number of benzene rings is 1. The lowest BCUT2D eigenvalue weighted by Gasteiger charge is -2.06. The van der Waals surface area contributed by atoms with Gasteiger partial charge in [0, 0.05) is 15.4 Å². The SMILES string of the molecule is O=C(O)/C1=C/C=C(/Sc2ccc(C(=O)O)cc2)C=CCC1. The molecule has 0 aliphatic heterocycles. The number of thioether (sulfide) groups is 1. The van der Waals surface area contributed by atoms with E-state index in [2.05, 4.69) is 0 Å². The summed E-state index contributed by atoms with van der Waals surface area (Å²) >= 11 is 1.47. The van der Waals surface area contributed by atoms with Crippen LogP contribution in [0.15, 0.2) is 63.9 Å². The summed E-state index contributed by atoms with van der Waals surface area (Å²) in [6.07, 6.45) is 8.50. The number of rotatable bonds is 4. The Morgan fingerprint density at radius 1 is 1.00 bits per heavy atom.